The Kier molecular flexibility index (Phi) is 5.92. The van der Waals surface area contributed by atoms with Crippen LogP contribution < -0.4 is 14.8 Å². The van der Waals surface area contributed by atoms with E-state index < -0.39 is 10.8 Å². The van der Waals surface area contributed by atoms with Crippen molar-refractivity contribution < 1.29 is 19.2 Å². The molecule has 1 N–H and O–H groups in total. The van der Waals surface area contributed by atoms with Gasteiger partial charge in [-0.2, -0.15) is 0 Å². The lowest BCUT2D eigenvalue weighted by Gasteiger charge is -2.11. The fourth-order valence-corrected chi connectivity index (χ4v) is 3.18. The summed E-state index contributed by atoms with van der Waals surface area (Å²) in [6, 6.07) is 2.50. The Morgan fingerprint density at radius 2 is 2.08 bits per heavy atom. The number of aryl methyl sites for hydroxylation is 2. The van der Waals surface area contributed by atoms with Gasteiger partial charge >= 0.3 is 0 Å². The normalized spacial score (nSPS) is 10.4. The number of thiazole rings is 1. The highest BCUT2D eigenvalue weighted by Crippen LogP contribution is 2.35. The third kappa shape index (κ3) is 4.05. The monoisotopic (exact) mass is 365 g/mol. The van der Waals surface area contributed by atoms with Crippen LogP contribution in [-0.2, 0) is 6.42 Å². The van der Waals surface area contributed by atoms with Gasteiger partial charge in [-0.05, 0) is 20.3 Å². The molecule has 1 amide bonds. The van der Waals surface area contributed by atoms with E-state index in [1.54, 1.807) is 6.92 Å². The summed E-state index contributed by atoms with van der Waals surface area (Å²) in [4.78, 5) is 28.6. The van der Waals surface area contributed by atoms with E-state index in [0.29, 0.717) is 11.7 Å². The minimum Gasteiger partial charge on any atom is -0.493 e. The smallest absolute Gasteiger partial charge is 0.286 e. The molecular weight excluding hydrogens is 346 g/mol. The molecule has 25 heavy (non-hydrogen) atoms. The summed E-state index contributed by atoms with van der Waals surface area (Å²) in [5.41, 5.74) is 0.418. The molecule has 0 spiro atoms. The average molecular weight is 365 g/mol. The first kappa shape index (κ1) is 18.7. The van der Waals surface area contributed by atoms with Crippen molar-refractivity contribution in [1.29, 1.82) is 0 Å². The molecule has 2 rings (SSSR count). The molecule has 9 heteroatoms. The zero-order chi connectivity index (χ0) is 18.6. The van der Waals surface area contributed by atoms with Gasteiger partial charge in [-0.15, -0.1) is 11.3 Å². The Morgan fingerprint density at radius 3 is 2.60 bits per heavy atom. The number of hydrogen-bond donors (Lipinski definition) is 1. The number of ether oxygens (including phenoxy) is 2. The molecule has 2 aromatic rings. The minimum atomic E-state index is -0.624. The first-order chi connectivity index (χ1) is 11.9. The van der Waals surface area contributed by atoms with Crippen LogP contribution in [0.3, 0.4) is 0 Å². The van der Waals surface area contributed by atoms with Crippen molar-refractivity contribution in [3.05, 3.63) is 38.4 Å². The number of nitro groups is 1. The SMILES string of the molecule is CCOc1cc([N+](=O)[O-])c(C(=O)Nc2nc(CC)c(C)s2)cc1OC. The van der Waals surface area contributed by atoms with Crippen LogP contribution in [0, 0.1) is 17.0 Å². The Bertz CT molecular complexity index is 803. The van der Waals surface area contributed by atoms with Gasteiger partial charge in [0, 0.05) is 10.9 Å². The number of carbonyl (C=O) groups excluding carboxylic acids is 1. The van der Waals surface area contributed by atoms with Gasteiger partial charge in [0.05, 0.1) is 30.4 Å². The molecular formula is C16H19N3O5S. The predicted octanol–water partition coefficient (Wildman–Crippen LogP) is 3.58. The van der Waals surface area contributed by atoms with Crippen LogP contribution in [0.25, 0.3) is 0 Å². The fraction of sp³-hybridized carbons (Fsp3) is 0.375. The van der Waals surface area contributed by atoms with E-state index in [0.717, 1.165) is 17.0 Å². The number of benzene rings is 1. The van der Waals surface area contributed by atoms with E-state index in [1.807, 2.05) is 13.8 Å². The summed E-state index contributed by atoms with van der Waals surface area (Å²) in [5, 5.41) is 14.4. The van der Waals surface area contributed by atoms with Gasteiger partial charge in [-0.1, -0.05) is 6.92 Å². The summed E-state index contributed by atoms with van der Waals surface area (Å²) in [6.45, 7) is 5.95. The van der Waals surface area contributed by atoms with E-state index in [9.17, 15) is 14.9 Å². The minimum absolute atomic E-state index is 0.115. The topological polar surface area (TPSA) is 104 Å². The van der Waals surface area contributed by atoms with Crippen molar-refractivity contribution in [2.24, 2.45) is 0 Å². The van der Waals surface area contributed by atoms with Crippen LogP contribution >= 0.6 is 11.3 Å². The predicted molar refractivity (Wildman–Crippen MR) is 95.0 cm³/mol. The Labute approximate surface area is 148 Å². The second-order valence-electron chi connectivity index (χ2n) is 5.04. The third-order valence-electron chi connectivity index (χ3n) is 3.47. The number of methoxy groups -OCH3 is 1. The maximum Gasteiger partial charge on any atom is 0.286 e. The largest absolute Gasteiger partial charge is 0.493 e. The molecule has 1 heterocycles. The fourth-order valence-electron chi connectivity index (χ4n) is 2.28. The van der Waals surface area contributed by atoms with Crippen molar-refractivity contribution in [1.82, 2.24) is 4.98 Å². The quantitative estimate of drug-likeness (QED) is 0.594. The average Bonchev–Trinajstić information content (AvgIpc) is 2.93. The van der Waals surface area contributed by atoms with E-state index in [-0.39, 0.29) is 22.7 Å². The number of rotatable bonds is 7. The van der Waals surface area contributed by atoms with Gasteiger partial charge in [0.25, 0.3) is 11.6 Å². The van der Waals surface area contributed by atoms with Crippen LogP contribution in [-0.4, -0.2) is 29.5 Å². The lowest BCUT2D eigenvalue weighted by atomic mass is 10.1. The summed E-state index contributed by atoms with van der Waals surface area (Å²) in [7, 11) is 1.41. The van der Waals surface area contributed by atoms with Crippen molar-refractivity contribution in [2.75, 3.05) is 19.0 Å². The van der Waals surface area contributed by atoms with E-state index >= 15 is 0 Å². The van der Waals surface area contributed by atoms with Gasteiger partial charge in [0.2, 0.25) is 0 Å². The summed E-state index contributed by atoms with van der Waals surface area (Å²) >= 11 is 1.33. The highest BCUT2D eigenvalue weighted by molar-refractivity contribution is 7.15. The molecule has 8 nitrogen and oxygen atoms in total. The molecule has 0 saturated carbocycles. The van der Waals surface area contributed by atoms with Crippen LogP contribution in [0.4, 0.5) is 10.8 Å². The Morgan fingerprint density at radius 1 is 1.36 bits per heavy atom. The number of hydrogen-bond acceptors (Lipinski definition) is 7. The molecule has 1 aromatic heterocycles. The summed E-state index contributed by atoms with van der Waals surface area (Å²) in [5.74, 6) is -0.154. The maximum atomic E-state index is 12.5. The highest BCUT2D eigenvalue weighted by atomic mass is 32.1. The van der Waals surface area contributed by atoms with Gasteiger partial charge in [0.15, 0.2) is 16.6 Å². The number of nitrogens with zero attached hydrogens (tertiary/aromatic N) is 2. The number of nitrogens with one attached hydrogen (secondary N) is 1. The highest BCUT2D eigenvalue weighted by Gasteiger charge is 2.25. The standard InChI is InChI=1S/C16H19N3O5S/c1-5-11-9(3)25-16(17-11)18-15(20)10-7-13(23-4)14(24-6-2)8-12(10)19(21)22/h7-8H,5-6H2,1-4H3,(H,17,18,20). The molecule has 0 bridgehead atoms. The zero-order valence-electron chi connectivity index (χ0n) is 14.4. The maximum absolute atomic E-state index is 12.5. The van der Waals surface area contributed by atoms with Crippen molar-refractivity contribution >= 4 is 28.1 Å². The van der Waals surface area contributed by atoms with Crippen LogP contribution in [0.2, 0.25) is 0 Å². The number of aromatic nitrogens is 1. The van der Waals surface area contributed by atoms with Crippen molar-refractivity contribution in [3.8, 4) is 11.5 Å². The molecule has 0 fully saturated rings. The number of nitro benzene ring substituents is 1. The molecule has 0 aliphatic heterocycles. The lowest BCUT2D eigenvalue weighted by molar-refractivity contribution is -0.385. The molecule has 1 aromatic carbocycles. The first-order valence-corrected chi connectivity index (χ1v) is 8.49. The van der Waals surface area contributed by atoms with E-state index in [4.69, 9.17) is 9.47 Å². The number of carbonyl (C=O) groups is 1. The van der Waals surface area contributed by atoms with Crippen LogP contribution in [0.15, 0.2) is 12.1 Å². The molecule has 134 valence electrons. The summed E-state index contributed by atoms with van der Waals surface area (Å²) < 4.78 is 10.5. The molecule has 0 aliphatic rings. The first-order valence-electron chi connectivity index (χ1n) is 7.68. The Balaban J connectivity index is 2.41. The van der Waals surface area contributed by atoms with Crippen LogP contribution in [0.5, 0.6) is 11.5 Å². The van der Waals surface area contributed by atoms with Crippen LogP contribution in [0.1, 0.15) is 34.8 Å². The van der Waals surface area contributed by atoms with Crippen molar-refractivity contribution in [2.45, 2.75) is 27.2 Å². The molecule has 0 atom stereocenters. The zero-order valence-corrected chi connectivity index (χ0v) is 15.2. The van der Waals surface area contributed by atoms with Gasteiger partial charge in [0.1, 0.15) is 5.56 Å². The second-order valence-corrected chi connectivity index (χ2v) is 6.24. The molecule has 0 aliphatic carbocycles. The van der Waals surface area contributed by atoms with Gasteiger partial charge in [-0.3, -0.25) is 20.2 Å². The Hall–Kier alpha value is -2.68. The third-order valence-corrected chi connectivity index (χ3v) is 4.40. The van der Waals surface area contributed by atoms with Crippen molar-refractivity contribution in [3.63, 3.8) is 0 Å². The van der Waals surface area contributed by atoms with E-state index in [1.165, 1.54) is 30.6 Å². The lowest BCUT2D eigenvalue weighted by Crippen LogP contribution is -2.14. The summed E-state index contributed by atoms with van der Waals surface area (Å²) in [6.07, 6.45) is 0.745. The number of amides is 1. The van der Waals surface area contributed by atoms with E-state index in [2.05, 4.69) is 10.3 Å². The van der Waals surface area contributed by atoms with Gasteiger partial charge < -0.3 is 9.47 Å². The second kappa shape index (κ2) is 7.93. The molecule has 0 saturated heterocycles. The number of anilines is 1. The van der Waals surface area contributed by atoms with Gasteiger partial charge in [-0.25, -0.2) is 4.98 Å². The molecule has 0 radical (unpaired) electrons. The molecule has 0 unspecified atom stereocenters.